The number of hydrogen-bond donors (Lipinski definition) is 2. The fourth-order valence-corrected chi connectivity index (χ4v) is 2.83. The van der Waals surface area contributed by atoms with E-state index in [-0.39, 0.29) is 11.8 Å². The van der Waals surface area contributed by atoms with Crippen LogP contribution in [0.4, 0.5) is 5.69 Å². The summed E-state index contributed by atoms with van der Waals surface area (Å²) in [5, 5.41) is 2.75. The van der Waals surface area contributed by atoms with Gasteiger partial charge in [-0.2, -0.15) is 0 Å². The summed E-state index contributed by atoms with van der Waals surface area (Å²) < 4.78 is 0. The van der Waals surface area contributed by atoms with Crippen LogP contribution in [0.1, 0.15) is 56.3 Å². The van der Waals surface area contributed by atoms with E-state index in [1.54, 1.807) is 38.1 Å². The lowest BCUT2D eigenvalue weighted by Crippen LogP contribution is -2.45. The van der Waals surface area contributed by atoms with Gasteiger partial charge in [-0.3, -0.25) is 9.59 Å². The van der Waals surface area contributed by atoms with E-state index in [1.165, 1.54) is 19.3 Å². The first-order valence-corrected chi connectivity index (χ1v) is 8.26. The summed E-state index contributed by atoms with van der Waals surface area (Å²) in [5.41, 5.74) is 6.11. The average molecular weight is 317 g/mol. The summed E-state index contributed by atoms with van der Waals surface area (Å²) in [6.45, 7) is 3.30. The summed E-state index contributed by atoms with van der Waals surface area (Å²) >= 11 is 0. The van der Waals surface area contributed by atoms with Crippen LogP contribution in [0.15, 0.2) is 24.3 Å². The molecule has 1 aromatic rings. The molecule has 0 radical (unpaired) electrons. The molecule has 1 aromatic carbocycles. The lowest BCUT2D eigenvalue weighted by atomic mass is 9.94. The summed E-state index contributed by atoms with van der Waals surface area (Å²) in [6, 6.07) is 7.33. The Bertz CT molecular complexity index is 555. The number of hydrogen-bond acceptors (Lipinski definition) is 3. The number of carbonyl (C=O) groups is 2. The van der Waals surface area contributed by atoms with E-state index in [1.807, 2.05) is 11.9 Å². The molecule has 23 heavy (non-hydrogen) atoms. The van der Waals surface area contributed by atoms with Crippen LogP contribution in [0.3, 0.4) is 0 Å². The van der Waals surface area contributed by atoms with E-state index in [0.717, 1.165) is 12.8 Å². The molecule has 0 spiro atoms. The van der Waals surface area contributed by atoms with Crippen LogP contribution in [-0.4, -0.2) is 35.3 Å². The van der Waals surface area contributed by atoms with Gasteiger partial charge in [0.05, 0.1) is 5.54 Å². The molecule has 1 saturated carbocycles. The minimum Gasteiger partial charge on any atom is -0.339 e. The van der Waals surface area contributed by atoms with Gasteiger partial charge < -0.3 is 16.0 Å². The van der Waals surface area contributed by atoms with Gasteiger partial charge in [-0.25, -0.2) is 0 Å². The highest BCUT2D eigenvalue weighted by atomic mass is 16.2. The molecule has 1 fully saturated rings. The van der Waals surface area contributed by atoms with Crippen LogP contribution >= 0.6 is 0 Å². The lowest BCUT2D eigenvalue weighted by molar-refractivity contribution is -0.120. The first-order chi connectivity index (χ1) is 10.8. The van der Waals surface area contributed by atoms with Gasteiger partial charge in [0.25, 0.3) is 5.91 Å². The van der Waals surface area contributed by atoms with Gasteiger partial charge in [-0.1, -0.05) is 19.3 Å². The van der Waals surface area contributed by atoms with Gasteiger partial charge in [-0.05, 0) is 51.0 Å². The van der Waals surface area contributed by atoms with Crippen molar-refractivity contribution in [2.24, 2.45) is 5.73 Å². The number of benzene rings is 1. The molecule has 5 heteroatoms. The quantitative estimate of drug-likeness (QED) is 0.896. The van der Waals surface area contributed by atoms with Gasteiger partial charge in [0.1, 0.15) is 0 Å². The number of anilines is 1. The molecular formula is C18H27N3O2. The number of rotatable bonds is 4. The summed E-state index contributed by atoms with van der Waals surface area (Å²) in [5.74, 6) is -0.218. The Labute approximate surface area is 138 Å². The molecule has 2 amide bonds. The van der Waals surface area contributed by atoms with E-state index < -0.39 is 5.54 Å². The zero-order valence-electron chi connectivity index (χ0n) is 14.3. The molecule has 0 saturated heterocycles. The predicted octanol–water partition coefficient (Wildman–Crippen LogP) is 2.77. The largest absolute Gasteiger partial charge is 0.339 e. The van der Waals surface area contributed by atoms with Crippen molar-refractivity contribution in [2.75, 3.05) is 12.4 Å². The summed E-state index contributed by atoms with van der Waals surface area (Å²) in [4.78, 5) is 26.3. The molecule has 5 nitrogen and oxygen atoms in total. The molecule has 2 rings (SSSR count). The molecule has 0 bridgehead atoms. The van der Waals surface area contributed by atoms with E-state index in [4.69, 9.17) is 5.73 Å². The van der Waals surface area contributed by atoms with Crippen molar-refractivity contribution in [3.05, 3.63) is 29.8 Å². The van der Waals surface area contributed by atoms with Crippen LogP contribution in [-0.2, 0) is 4.79 Å². The molecule has 0 atom stereocenters. The zero-order chi connectivity index (χ0) is 17.0. The van der Waals surface area contributed by atoms with Gasteiger partial charge in [0.2, 0.25) is 5.91 Å². The van der Waals surface area contributed by atoms with E-state index >= 15 is 0 Å². The third-order valence-corrected chi connectivity index (χ3v) is 4.42. The Balaban J connectivity index is 2.01. The molecule has 3 N–H and O–H groups in total. The Morgan fingerprint density at radius 2 is 1.70 bits per heavy atom. The standard InChI is InChI=1S/C18H27N3O2/c1-18(2,19)17(23)20-14-11-9-13(10-12-14)16(22)21(3)15-7-5-4-6-8-15/h9-12,15H,4-8,19H2,1-3H3,(H,20,23). The summed E-state index contributed by atoms with van der Waals surface area (Å²) in [6.07, 6.45) is 5.83. The second kappa shape index (κ2) is 7.13. The molecule has 0 aromatic heterocycles. The first-order valence-electron chi connectivity index (χ1n) is 8.26. The first kappa shape index (κ1) is 17.5. The third-order valence-electron chi connectivity index (χ3n) is 4.42. The number of nitrogens with one attached hydrogen (secondary N) is 1. The van der Waals surface area contributed by atoms with Crippen LogP contribution in [0, 0.1) is 0 Å². The SMILES string of the molecule is CN(C(=O)c1ccc(NC(=O)C(C)(C)N)cc1)C1CCCCC1. The number of nitrogens with zero attached hydrogens (tertiary/aromatic N) is 1. The minimum absolute atomic E-state index is 0.0360. The highest BCUT2D eigenvalue weighted by molar-refractivity contribution is 5.98. The predicted molar refractivity (Wildman–Crippen MR) is 92.3 cm³/mol. The smallest absolute Gasteiger partial charge is 0.253 e. The molecule has 126 valence electrons. The van der Waals surface area contributed by atoms with Crippen molar-refractivity contribution in [1.82, 2.24) is 4.90 Å². The maximum absolute atomic E-state index is 12.6. The Morgan fingerprint density at radius 1 is 1.13 bits per heavy atom. The number of carbonyl (C=O) groups excluding carboxylic acids is 2. The number of nitrogens with two attached hydrogens (primary N) is 1. The van der Waals surface area contributed by atoms with E-state index in [9.17, 15) is 9.59 Å². The van der Waals surface area contributed by atoms with Crippen LogP contribution in [0.25, 0.3) is 0 Å². The highest BCUT2D eigenvalue weighted by Gasteiger charge is 2.24. The maximum atomic E-state index is 12.6. The van der Waals surface area contributed by atoms with Crippen LogP contribution < -0.4 is 11.1 Å². The molecule has 0 aliphatic heterocycles. The van der Waals surface area contributed by atoms with Crippen molar-refractivity contribution in [2.45, 2.75) is 57.5 Å². The highest BCUT2D eigenvalue weighted by Crippen LogP contribution is 2.23. The van der Waals surface area contributed by atoms with E-state index in [2.05, 4.69) is 5.32 Å². The fourth-order valence-electron chi connectivity index (χ4n) is 2.83. The normalized spacial score (nSPS) is 16.0. The van der Waals surface area contributed by atoms with Crippen LogP contribution in [0.5, 0.6) is 0 Å². The third kappa shape index (κ3) is 4.55. The topological polar surface area (TPSA) is 75.4 Å². The Hall–Kier alpha value is -1.88. The van der Waals surface area contributed by atoms with Crippen LogP contribution in [0.2, 0.25) is 0 Å². The zero-order valence-corrected chi connectivity index (χ0v) is 14.3. The summed E-state index contributed by atoms with van der Waals surface area (Å²) in [7, 11) is 1.88. The van der Waals surface area contributed by atoms with Crippen molar-refractivity contribution in [3.8, 4) is 0 Å². The van der Waals surface area contributed by atoms with Gasteiger partial charge in [0, 0.05) is 24.3 Å². The second-order valence-corrected chi connectivity index (χ2v) is 6.96. The monoisotopic (exact) mass is 317 g/mol. The molecular weight excluding hydrogens is 290 g/mol. The number of amides is 2. The Morgan fingerprint density at radius 3 is 2.22 bits per heavy atom. The van der Waals surface area contributed by atoms with E-state index in [0.29, 0.717) is 17.3 Å². The van der Waals surface area contributed by atoms with Gasteiger partial charge in [0.15, 0.2) is 0 Å². The average Bonchev–Trinajstić information content (AvgIpc) is 2.54. The van der Waals surface area contributed by atoms with Crippen molar-refractivity contribution in [3.63, 3.8) is 0 Å². The molecule has 1 aliphatic carbocycles. The van der Waals surface area contributed by atoms with Crippen molar-refractivity contribution >= 4 is 17.5 Å². The fraction of sp³-hybridized carbons (Fsp3) is 0.556. The second-order valence-electron chi connectivity index (χ2n) is 6.96. The van der Waals surface area contributed by atoms with Crippen molar-refractivity contribution < 1.29 is 9.59 Å². The molecule has 0 heterocycles. The van der Waals surface area contributed by atoms with Gasteiger partial charge >= 0.3 is 0 Å². The Kier molecular flexibility index (Phi) is 5.42. The van der Waals surface area contributed by atoms with Gasteiger partial charge in [-0.15, -0.1) is 0 Å². The maximum Gasteiger partial charge on any atom is 0.253 e. The molecule has 1 aliphatic rings. The lowest BCUT2D eigenvalue weighted by Gasteiger charge is -2.31. The minimum atomic E-state index is -0.935. The molecule has 0 unspecified atom stereocenters. The van der Waals surface area contributed by atoms with Crippen molar-refractivity contribution in [1.29, 1.82) is 0 Å².